The van der Waals surface area contributed by atoms with Crippen LogP contribution in [0.1, 0.15) is 33.5 Å². The summed E-state index contributed by atoms with van der Waals surface area (Å²) in [5.74, 6) is -0.251. The first kappa shape index (κ1) is 14.1. The maximum Gasteiger partial charge on any atom is 0.268 e. The Bertz CT molecular complexity index is 825. The van der Waals surface area contributed by atoms with Crippen LogP contribution in [0, 0.1) is 0 Å². The van der Waals surface area contributed by atoms with Crippen LogP contribution in [0.15, 0.2) is 42.6 Å². The van der Waals surface area contributed by atoms with Crippen LogP contribution in [-0.4, -0.2) is 21.2 Å². The highest BCUT2D eigenvalue weighted by Gasteiger charge is 2.13. The predicted molar refractivity (Wildman–Crippen MR) is 84.9 cm³/mol. The van der Waals surface area contributed by atoms with Crippen LogP contribution in [0.2, 0.25) is 0 Å². The maximum absolute atomic E-state index is 12.2. The third kappa shape index (κ3) is 2.65. The summed E-state index contributed by atoms with van der Waals surface area (Å²) in [6.45, 7) is 1.90. The molecular formula is C17H17N3O2. The van der Waals surface area contributed by atoms with Gasteiger partial charge in [-0.2, -0.15) is 0 Å². The Kier molecular flexibility index (Phi) is 3.55. The number of fused-ring (bicyclic) bond motifs is 1. The molecule has 5 heteroatoms. The molecule has 0 spiro atoms. The van der Waals surface area contributed by atoms with Crippen molar-refractivity contribution in [2.45, 2.75) is 13.5 Å². The average Bonchev–Trinajstić information content (AvgIpc) is 3.07. The van der Waals surface area contributed by atoms with Gasteiger partial charge in [-0.05, 0) is 30.5 Å². The van der Waals surface area contributed by atoms with E-state index in [0.29, 0.717) is 17.8 Å². The Hall–Kier alpha value is -2.82. The van der Waals surface area contributed by atoms with Gasteiger partial charge in [0.25, 0.3) is 5.91 Å². The molecule has 0 atom stereocenters. The number of aromatic amines is 1. The fourth-order valence-electron chi connectivity index (χ4n) is 2.48. The van der Waals surface area contributed by atoms with Gasteiger partial charge in [0.05, 0.1) is 6.54 Å². The first-order valence-corrected chi connectivity index (χ1v) is 7.07. The van der Waals surface area contributed by atoms with E-state index in [9.17, 15) is 9.59 Å². The summed E-state index contributed by atoms with van der Waals surface area (Å²) in [5, 5.41) is 3.98. The highest BCUT2D eigenvalue weighted by molar-refractivity contribution is 5.99. The molecule has 0 aliphatic rings. The minimum absolute atomic E-state index is 0.0507. The first-order chi connectivity index (χ1) is 10.5. The second kappa shape index (κ2) is 5.52. The number of ketones is 1. The molecule has 0 unspecified atom stereocenters. The van der Waals surface area contributed by atoms with E-state index in [4.69, 9.17) is 0 Å². The number of hydrogen-bond acceptors (Lipinski definition) is 2. The number of amides is 1. The zero-order valence-electron chi connectivity index (χ0n) is 12.5. The van der Waals surface area contributed by atoms with Gasteiger partial charge in [0.1, 0.15) is 5.69 Å². The van der Waals surface area contributed by atoms with Crippen molar-refractivity contribution in [2.75, 3.05) is 0 Å². The fourth-order valence-corrected chi connectivity index (χ4v) is 2.48. The number of hydrogen-bond donors (Lipinski definition) is 2. The molecular weight excluding hydrogens is 278 g/mol. The SMILES string of the molecule is CC(=O)c1cc(C(=O)NCc2cc3ccccc3[nH]2)n(C)c1. The number of nitrogens with one attached hydrogen (secondary N) is 2. The second-order valence-corrected chi connectivity index (χ2v) is 5.35. The minimum Gasteiger partial charge on any atom is -0.357 e. The molecule has 2 N–H and O–H groups in total. The highest BCUT2D eigenvalue weighted by atomic mass is 16.2. The molecule has 3 rings (SSSR count). The molecule has 0 radical (unpaired) electrons. The molecule has 3 aromatic rings. The van der Waals surface area contributed by atoms with E-state index in [0.717, 1.165) is 16.6 Å². The third-order valence-corrected chi connectivity index (χ3v) is 3.67. The predicted octanol–water partition coefficient (Wildman–Crippen LogP) is 2.64. The van der Waals surface area contributed by atoms with Crippen molar-refractivity contribution in [1.29, 1.82) is 0 Å². The van der Waals surface area contributed by atoms with Crippen LogP contribution in [0.25, 0.3) is 10.9 Å². The van der Waals surface area contributed by atoms with E-state index in [1.165, 1.54) is 6.92 Å². The summed E-state index contributed by atoms with van der Waals surface area (Å²) in [6, 6.07) is 11.6. The fraction of sp³-hybridized carbons (Fsp3) is 0.176. The second-order valence-electron chi connectivity index (χ2n) is 5.35. The summed E-state index contributed by atoms with van der Waals surface area (Å²) in [7, 11) is 1.75. The molecule has 2 aromatic heterocycles. The number of benzene rings is 1. The Morgan fingerprint density at radius 1 is 1.23 bits per heavy atom. The van der Waals surface area contributed by atoms with Crippen LogP contribution in [0.5, 0.6) is 0 Å². The summed E-state index contributed by atoms with van der Waals surface area (Å²) < 4.78 is 1.66. The van der Waals surface area contributed by atoms with Crippen molar-refractivity contribution in [2.24, 2.45) is 7.05 Å². The number of nitrogens with zero attached hydrogens (tertiary/aromatic N) is 1. The molecule has 1 amide bonds. The molecule has 0 aliphatic heterocycles. The first-order valence-electron chi connectivity index (χ1n) is 7.07. The van der Waals surface area contributed by atoms with E-state index < -0.39 is 0 Å². The zero-order chi connectivity index (χ0) is 15.7. The van der Waals surface area contributed by atoms with Gasteiger partial charge in [0.2, 0.25) is 0 Å². The van der Waals surface area contributed by atoms with Crippen LogP contribution < -0.4 is 5.32 Å². The van der Waals surface area contributed by atoms with Gasteiger partial charge in [-0.3, -0.25) is 9.59 Å². The van der Waals surface area contributed by atoms with Crippen LogP contribution in [0.3, 0.4) is 0 Å². The van der Waals surface area contributed by atoms with E-state index in [1.807, 2.05) is 30.3 Å². The number of para-hydroxylation sites is 1. The normalized spacial score (nSPS) is 10.8. The van der Waals surface area contributed by atoms with E-state index in [2.05, 4.69) is 10.3 Å². The molecule has 1 aromatic carbocycles. The van der Waals surface area contributed by atoms with Crippen molar-refractivity contribution < 1.29 is 9.59 Å². The Morgan fingerprint density at radius 3 is 2.68 bits per heavy atom. The van der Waals surface area contributed by atoms with Gasteiger partial charge in [-0.15, -0.1) is 0 Å². The van der Waals surface area contributed by atoms with E-state index in [1.54, 1.807) is 23.9 Å². The van der Waals surface area contributed by atoms with Gasteiger partial charge in [0.15, 0.2) is 5.78 Å². The van der Waals surface area contributed by atoms with Crippen molar-refractivity contribution in [3.05, 3.63) is 59.5 Å². The molecule has 112 valence electrons. The Morgan fingerprint density at radius 2 is 2.00 bits per heavy atom. The highest BCUT2D eigenvalue weighted by Crippen LogP contribution is 2.14. The number of H-pyrrole nitrogens is 1. The van der Waals surface area contributed by atoms with Crippen molar-refractivity contribution in [3.63, 3.8) is 0 Å². The minimum atomic E-state index is -0.200. The number of rotatable bonds is 4. The lowest BCUT2D eigenvalue weighted by atomic mass is 10.2. The third-order valence-electron chi connectivity index (χ3n) is 3.67. The summed E-state index contributed by atoms with van der Waals surface area (Å²) in [5.41, 5.74) is 3.00. The monoisotopic (exact) mass is 295 g/mol. The van der Waals surface area contributed by atoms with Crippen LogP contribution in [0.4, 0.5) is 0 Å². The molecule has 0 saturated carbocycles. The average molecular weight is 295 g/mol. The largest absolute Gasteiger partial charge is 0.357 e. The Balaban J connectivity index is 1.73. The Labute approximate surface area is 127 Å². The lowest BCUT2D eigenvalue weighted by Crippen LogP contribution is -2.24. The topological polar surface area (TPSA) is 66.9 Å². The number of aromatic nitrogens is 2. The zero-order valence-corrected chi connectivity index (χ0v) is 12.5. The maximum atomic E-state index is 12.2. The molecule has 0 bridgehead atoms. The van der Waals surface area contributed by atoms with Gasteiger partial charge >= 0.3 is 0 Å². The smallest absolute Gasteiger partial charge is 0.268 e. The van der Waals surface area contributed by atoms with Gasteiger partial charge in [-0.1, -0.05) is 18.2 Å². The standard InChI is InChI=1S/C17H17N3O2/c1-11(21)13-8-16(20(2)10-13)17(22)18-9-14-7-12-5-3-4-6-15(12)19-14/h3-8,10,19H,9H2,1-2H3,(H,18,22). The lowest BCUT2D eigenvalue weighted by molar-refractivity contribution is 0.0942. The number of aryl methyl sites for hydroxylation is 1. The molecule has 0 fully saturated rings. The quantitative estimate of drug-likeness (QED) is 0.727. The van der Waals surface area contributed by atoms with Crippen molar-refractivity contribution in [3.8, 4) is 0 Å². The van der Waals surface area contributed by atoms with Gasteiger partial charge in [-0.25, -0.2) is 0 Å². The summed E-state index contributed by atoms with van der Waals surface area (Å²) >= 11 is 0. The molecule has 2 heterocycles. The number of Topliss-reactive ketones (excluding diaryl/α,β-unsaturated/α-hetero) is 1. The molecule has 0 aliphatic carbocycles. The van der Waals surface area contributed by atoms with Crippen molar-refractivity contribution in [1.82, 2.24) is 14.9 Å². The van der Waals surface area contributed by atoms with Gasteiger partial charge in [0, 0.05) is 30.0 Å². The number of carbonyl (C=O) groups is 2. The van der Waals surface area contributed by atoms with E-state index in [-0.39, 0.29) is 11.7 Å². The van der Waals surface area contributed by atoms with E-state index >= 15 is 0 Å². The van der Waals surface area contributed by atoms with Gasteiger partial charge < -0.3 is 14.9 Å². The van der Waals surface area contributed by atoms with Crippen LogP contribution in [-0.2, 0) is 13.6 Å². The van der Waals surface area contributed by atoms with Crippen molar-refractivity contribution >= 4 is 22.6 Å². The number of carbonyl (C=O) groups excluding carboxylic acids is 2. The molecule has 5 nitrogen and oxygen atoms in total. The summed E-state index contributed by atoms with van der Waals surface area (Å²) in [6.07, 6.45) is 1.67. The molecule has 0 saturated heterocycles. The lowest BCUT2D eigenvalue weighted by Gasteiger charge is -2.04. The van der Waals surface area contributed by atoms with Crippen LogP contribution >= 0.6 is 0 Å². The summed E-state index contributed by atoms with van der Waals surface area (Å²) in [4.78, 5) is 26.9. The molecule has 22 heavy (non-hydrogen) atoms.